The van der Waals surface area contributed by atoms with Gasteiger partial charge in [-0.1, -0.05) is 6.08 Å². The van der Waals surface area contributed by atoms with Crippen molar-refractivity contribution in [3.05, 3.63) is 12.7 Å². The molecular formula is C13H15F9N2O3S. The van der Waals surface area contributed by atoms with Crippen molar-refractivity contribution in [3.63, 3.8) is 0 Å². The lowest BCUT2D eigenvalue weighted by Gasteiger charge is -2.38. The Balaban J connectivity index is 3.06. The number of allylic oxidation sites excluding steroid dienone is 1. The van der Waals surface area contributed by atoms with Crippen LogP contribution >= 0.6 is 0 Å². The first-order valence-electron chi connectivity index (χ1n) is 7.53. The lowest BCUT2D eigenvalue weighted by molar-refractivity contribution is -0.382. The van der Waals surface area contributed by atoms with Crippen molar-refractivity contribution in [3.8, 4) is 0 Å². The van der Waals surface area contributed by atoms with Crippen molar-refractivity contribution < 1.29 is 52.7 Å². The third-order valence-corrected chi connectivity index (χ3v) is 5.88. The van der Waals surface area contributed by atoms with Crippen LogP contribution in [-0.4, -0.2) is 73.0 Å². The highest BCUT2D eigenvalue weighted by Gasteiger charge is 2.85. The molecule has 1 amide bonds. The molecule has 28 heavy (non-hydrogen) atoms. The fourth-order valence-corrected chi connectivity index (χ4v) is 3.67. The molecule has 0 saturated carbocycles. The van der Waals surface area contributed by atoms with Crippen LogP contribution in [0.1, 0.15) is 12.8 Å². The molecule has 1 aliphatic heterocycles. The van der Waals surface area contributed by atoms with Crippen LogP contribution in [0.25, 0.3) is 0 Å². The van der Waals surface area contributed by atoms with Gasteiger partial charge < -0.3 is 4.90 Å². The second-order valence-corrected chi connectivity index (χ2v) is 7.75. The zero-order chi connectivity index (χ0) is 22.2. The monoisotopic (exact) mass is 450 g/mol. The first-order valence-corrected chi connectivity index (χ1v) is 8.97. The quantitative estimate of drug-likeness (QED) is 0.443. The largest absolute Gasteiger partial charge is 0.460 e. The number of rotatable bonds is 7. The second kappa shape index (κ2) is 7.72. The van der Waals surface area contributed by atoms with Gasteiger partial charge in [-0.3, -0.25) is 4.79 Å². The molecule has 0 aromatic rings. The van der Waals surface area contributed by atoms with Gasteiger partial charge >= 0.3 is 23.3 Å². The Hall–Kier alpha value is -1.51. The minimum Gasteiger partial charge on any atom is -0.340 e. The fourth-order valence-electron chi connectivity index (χ4n) is 2.25. The molecule has 0 N–H and O–H groups in total. The molecular weight excluding hydrogens is 435 g/mol. The molecule has 1 saturated heterocycles. The van der Waals surface area contributed by atoms with Gasteiger partial charge in [-0.2, -0.15) is 43.8 Å². The summed E-state index contributed by atoms with van der Waals surface area (Å²) in [4.78, 5) is 12.7. The Kier molecular flexibility index (Phi) is 6.77. The van der Waals surface area contributed by atoms with E-state index in [0.717, 1.165) is 4.90 Å². The molecule has 1 rings (SSSR count). The van der Waals surface area contributed by atoms with Crippen LogP contribution in [0.5, 0.6) is 0 Å². The third-order valence-electron chi connectivity index (χ3n) is 3.93. The topological polar surface area (TPSA) is 57.7 Å². The SMILES string of the molecule is C=CCCC(=O)N1CCN(S(=O)(=O)C(F)(F)C(F)(F)C(F)(F)C(F)(F)F)CC1. The molecule has 0 aromatic heterocycles. The summed E-state index contributed by atoms with van der Waals surface area (Å²) < 4.78 is 140. The van der Waals surface area contributed by atoms with E-state index in [1.54, 1.807) is 0 Å². The Bertz CT molecular complexity index is 699. The van der Waals surface area contributed by atoms with E-state index >= 15 is 0 Å². The Labute approximate surface area is 153 Å². The number of carbonyl (C=O) groups is 1. The molecule has 1 heterocycles. The van der Waals surface area contributed by atoms with Crippen LogP contribution in [0.3, 0.4) is 0 Å². The smallest absolute Gasteiger partial charge is 0.340 e. The Morgan fingerprint density at radius 2 is 1.36 bits per heavy atom. The molecule has 0 radical (unpaired) electrons. The Morgan fingerprint density at radius 1 is 0.893 bits per heavy atom. The number of carbonyl (C=O) groups excluding carboxylic acids is 1. The van der Waals surface area contributed by atoms with Gasteiger partial charge in [-0.25, -0.2) is 8.42 Å². The van der Waals surface area contributed by atoms with Crippen molar-refractivity contribution >= 4 is 15.9 Å². The van der Waals surface area contributed by atoms with E-state index in [1.165, 1.54) is 6.08 Å². The van der Waals surface area contributed by atoms with Crippen molar-refractivity contribution in [1.29, 1.82) is 0 Å². The van der Waals surface area contributed by atoms with Crippen molar-refractivity contribution in [1.82, 2.24) is 9.21 Å². The molecule has 0 bridgehead atoms. The van der Waals surface area contributed by atoms with E-state index in [4.69, 9.17) is 0 Å². The number of hydrogen-bond donors (Lipinski definition) is 0. The highest BCUT2D eigenvalue weighted by atomic mass is 32.2. The van der Waals surface area contributed by atoms with Crippen LogP contribution < -0.4 is 0 Å². The number of nitrogens with zero attached hydrogens (tertiary/aromatic N) is 2. The number of halogens is 9. The first kappa shape index (κ1) is 24.5. The zero-order valence-electron chi connectivity index (χ0n) is 14.0. The summed E-state index contributed by atoms with van der Waals surface area (Å²) in [5.74, 6) is -15.1. The molecule has 1 aliphatic rings. The van der Waals surface area contributed by atoms with Gasteiger partial charge in [0, 0.05) is 32.6 Å². The lowest BCUT2D eigenvalue weighted by atomic mass is 10.1. The standard InChI is InChI=1S/C13H15F9N2O3S/c1-2-3-4-9(25)23-5-7-24(8-6-23)28(26,27)13(21,22)11(16,17)10(14,15)12(18,19)20/h2H,1,3-8H2. The zero-order valence-corrected chi connectivity index (χ0v) is 14.8. The fraction of sp³-hybridized carbons (Fsp3) is 0.769. The molecule has 15 heteroatoms. The summed E-state index contributed by atoms with van der Waals surface area (Å²) >= 11 is 0. The van der Waals surface area contributed by atoms with Gasteiger partial charge in [0.05, 0.1) is 0 Å². The molecule has 5 nitrogen and oxygen atoms in total. The van der Waals surface area contributed by atoms with Gasteiger partial charge in [0.1, 0.15) is 0 Å². The molecule has 0 spiro atoms. The maximum absolute atomic E-state index is 13.8. The number of piperazine rings is 1. The van der Waals surface area contributed by atoms with E-state index in [2.05, 4.69) is 6.58 Å². The molecule has 164 valence electrons. The summed E-state index contributed by atoms with van der Waals surface area (Å²) in [7, 11) is -6.61. The van der Waals surface area contributed by atoms with E-state index in [-0.39, 0.29) is 17.1 Å². The maximum atomic E-state index is 13.8. The molecule has 0 aliphatic carbocycles. The second-order valence-electron chi connectivity index (χ2n) is 5.78. The number of sulfonamides is 1. The normalized spacial score (nSPS) is 18.2. The van der Waals surface area contributed by atoms with Crippen LogP contribution in [0.2, 0.25) is 0 Å². The summed E-state index contributed by atoms with van der Waals surface area (Å²) in [6.45, 7) is 0.323. The number of alkyl halides is 9. The molecule has 0 unspecified atom stereocenters. The molecule has 0 atom stereocenters. The summed E-state index contributed by atoms with van der Waals surface area (Å²) in [6.07, 6.45) is -5.54. The average Bonchev–Trinajstić information content (AvgIpc) is 2.58. The van der Waals surface area contributed by atoms with Gasteiger partial charge in [0.2, 0.25) is 5.91 Å². The summed E-state index contributed by atoms with van der Waals surface area (Å²) in [6, 6.07) is 0. The van der Waals surface area contributed by atoms with E-state index in [1.807, 2.05) is 0 Å². The molecule has 0 aromatic carbocycles. The number of hydrogen-bond acceptors (Lipinski definition) is 3. The third kappa shape index (κ3) is 3.95. The van der Waals surface area contributed by atoms with Crippen LogP contribution in [0.4, 0.5) is 39.5 Å². The predicted octanol–water partition coefficient (Wildman–Crippen LogP) is 2.85. The van der Waals surface area contributed by atoms with E-state index < -0.39 is 65.4 Å². The average molecular weight is 450 g/mol. The van der Waals surface area contributed by atoms with E-state index in [9.17, 15) is 52.7 Å². The van der Waals surface area contributed by atoms with Crippen molar-refractivity contribution in [2.45, 2.75) is 36.1 Å². The summed E-state index contributed by atoms with van der Waals surface area (Å²) in [5, 5.41) is -6.76. The summed E-state index contributed by atoms with van der Waals surface area (Å²) in [5.41, 5.74) is 0. The van der Waals surface area contributed by atoms with E-state index in [0.29, 0.717) is 0 Å². The Morgan fingerprint density at radius 3 is 1.75 bits per heavy atom. The lowest BCUT2D eigenvalue weighted by Crippen LogP contribution is -2.66. The van der Waals surface area contributed by atoms with Gasteiger partial charge in [-0.05, 0) is 6.42 Å². The van der Waals surface area contributed by atoms with Crippen molar-refractivity contribution in [2.75, 3.05) is 26.2 Å². The minimum atomic E-state index is -7.31. The predicted molar refractivity (Wildman–Crippen MR) is 77.4 cm³/mol. The van der Waals surface area contributed by atoms with Gasteiger partial charge in [0.25, 0.3) is 10.0 Å². The maximum Gasteiger partial charge on any atom is 0.460 e. The molecule has 1 fully saturated rings. The van der Waals surface area contributed by atoms with Crippen LogP contribution in [-0.2, 0) is 14.8 Å². The van der Waals surface area contributed by atoms with Crippen LogP contribution in [0.15, 0.2) is 12.7 Å². The van der Waals surface area contributed by atoms with Crippen LogP contribution in [0, 0.1) is 0 Å². The highest BCUT2D eigenvalue weighted by Crippen LogP contribution is 2.55. The highest BCUT2D eigenvalue weighted by molar-refractivity contribution is 7.90. The van der Waals surface area contributed by atoms with Gasteiger partial charge in [0.15, 0.2) is 0 Å². The minimum absolute atomic E-state index is 0.0533. The number of amides is 1. The van der Waals surface area contributed by atoms with Gasteiger partial charge in [-0.15, -0.1) is 6.58 Å². The first-order chi connectivity index (χ1) is 12.4. The van der Waals surface area contributed by atoms with Crippen molar-refractivity contribution in [2.24, 2.45) is 0 Å².